The average Bonchev–Trinajstić information content (AvgIpc) is 1.61. The zero-order valence-corrected chi connectivity index (χ0v) is 6.89. The highest BCUT2D eigenvalue weighted by atomic mass is 28.3. The number of isocyanates is 1. The van der Waals surface area contributed by atoms with E-state index in [1.165, 1.54) is 6.08 Å². The SMILES string of the molecule is O=C=N[SiH2]O[SiH3]. The molecule has 0 aliphatic rings. The van der Waals surface area contributed by atoms with Crippen LogP contribution >= 0.6 is 0 Å². The number of nitrogens with zero attached hydrogens (tertiary/aromatic N) is 1. The van der Waals surface area contributed by atoms with Crippen LogP contribution in [0.2, 0.25) is 0 Å². The van der Waals surface area contributed by atoms with Crippen LogP contribution in [0.4, 0.5) is 0 Å². The predicted molar refractivity (Wildman–Crippen MR) is 27.7 cm³/mol. The van der Waals surface area contributed by atoms with Gasteiger partial charge in [0.1, 0.15) is 10.5 Å². The van der Waals surface area contributed by atoms with Gasteiger partial charge in [0.2, 0.25) is 6.08 Å². The highest BCUT2D eigenvalue weighted by molar-refractivity contribution is 6.33. The van der Waals surface area contributed by atoms with Crippen molar-refractivity contribution in [3.63, 3.8) is 0 Å². The summed E-state index contributed by atoms with van der Waals surface area (Å²) in [6.07, 6.45) is 1.40. The van der Waals surface area contributed by atoms with Crippen LogP contribution in [0.3, 0.4) is 0 Å². The van der Waals surface area contributed by atoms with Crippen LogP contribution in [0.25, 0.3) is 0 Å². The third kappa shape index (κ3) is 3.77. The first kappa shape index (κ1) is 5.77. The standard InChI is InChI=1S/CH5NO2Si2/c3-1-2-6-4-5/h6H2,5H3. The van der Waals surface area contributed by atoms with E-state index >= 15 is 0 Å². The van der Waals surface area contributed by atoms with Crippen molar-refractivity contribution in [2.75, 3.05) is 0 Å². The number of hydrogen-bond donors (Lipinski definition) is 0. The fourth-order valence-corrected chi connectivity index (χ4v) is 0.660. The zero-order valence-electron chi connectivity index (χ0n) is 3.47. The number of rotatable bonds is 2. The van der Waals surface area contributed by atoms with E-state index in [0.717, 1.165) is 0 Å². The molecule has 0 aromatic heterocycles. The molecule has 6 heavy (non-hydrogen) atoms. The number of carbonyl (C=O) groups excluding carboxylic acids is 1. The summed E-state index contributed by atoms with van der Waals surface area (Å²) in [7, 11) is -0.123. The Hall–Kier alpha value is -0.226. The molecule has 0 aliphatic carbocycles. The highest BCUT2D eigenvalue weighted by Crippen LogP contribution is 1.53. The van der Waals surface area contributed by atoms with Crippen LogP contribution < -0.4 is 0 Å². The highest BCUT2D eigenvalue weighted by Gasteiger charge is 1.66. The summed E-state index contributed by atoms with van der Waals surface area (Å²) in [6.45, 7) is 0. The second kappa shape index (κ2) is 4.77. The summed E-state index contributed by atoms with van der Waals surface area (Å²) in [5.41, 5.74) is 0. The first-order valence-electron chi connectivity index (χ1n) is 1.44. The lowest BCUT2D eigenvalue weighted by Gasteiger charge is -1.77. The van der Waals surface area contributed by atoms with Crippen molar-refractivity contribution in [1.82, 2.24) is 0 Å². The minimum atomic E-state index is -0.815. The molecule has 0 saturated heterocycles. The molecule has 0 amide bonds. The van der Waals surface area contributed by atoms with E-state index in [0.29, 0.717) is 10.5 Å². The Morgan fingerprint density at radius 3 is 2.83 bits per heavy atom. The third-order valence-electron chi connectivity index (χ3n) is 0.258. The molecule has 0 aromatic rings. The summed E-state index contributed by atoms with van der Waals surface area (Å²) in [5.74, 6) is 0. The van der Waals surface area contributed by atoms with E-state index in [9.17, 15) is 4.79 Å². The van der Waals surface area contributed by atoms with Crippen molar-refractivity contribution in [2.45, 2.75) is 0 Å². The Balaban J connectivity index is 2.86. The van der Waals surface area contributed by atoms with Crippen LogP contribution in [0.15, 0.2) is 4.66 Å². The van der Waals surface area contributed by atoms with Gasteiger partial charge < -0.3 is 4.12 Å². The van der Waals surface area contributed by atoms with Crippen LogP contribution in [-0.4, -0.2) is 26.5 Å². The lowest BCUT2D eigenvalue weighted by molar-refractivity contribution is 0.564. The molecule has 3 nitrogen and oxygen atoms in total. The van der Waals surface area contributed by atoms with Gasteiger partial charge in [0.25, 0.3) is 9.92 Å². The normalized spacial score (nSPS) is 9.33. The summed E-state index contributed by atoms with van der Waals surface area (Å²) >= 11 is 0. The maximum atomic E-state index is 9.24. The van der Waals surface area contributed by atoms with E-state index < -0.39 is 9.92 Å². The second-order valence-electron chi connectivity index (χ2n) is 0.667. The van der Waals surface area contributed by atoms with Crippen LogP contribution in [0.1, 0.15) is 0 Å². The average molecular weight is 119 g/mol. The lowest BCUT2D eigenvalue weighted by atomic mass is 11.7. The van der Waals surface area contributed by atoms with Gasteiger partial charge in [0.15, 0.2) is 0 Å². The van der Waals surface area contributed by atoms with Gasteiger partial charge in [-0.05, 0) is 0 Å². The van der Waals surface area contributed by atoms with Gasteiger partial charge in [0.05, 0.1) is 0 Å². The monoisotopic (exact) mass is 119 g/mol. The topological polar surface area (TPSA) is 38.7 Å². The smallest absolute Gasteiger partial charge is 0.291 e. The van der Waals surface area contributed by atoms with E-state index in [4.69, 9.17) is 0 Å². The maximum Gasteiger partial charge on any atom is 0.291 e. The molecule has 0 aliphatic heterocycles. The molecule has 0 N–H and O–H groups in total. The third-order valence-corrected chi connectivity index (χ3v) is 1.55. The Morgan fingerprint density at radius 1 is 2.00 bits per heavy atom. The fraction of sp³-hybridized carbons (Fsp3) is 0. The molecule has 0 atom stereocenters. The molecule has 0 rings (SSSR count). The maximum absolute atomic E-state index is 9.24. The summed E-state index contributed by atoms with van der Waals surface area (Å²) in [4.78, 5) is 9.24. The van der Waals surface area contributed by atoms with Crippen molar-refractivity contribution < 1.29 is 8.91 Å². The van der Waals surface area contributed by atoms with Gasteiger partial charge in [-0.15, -0.1) is 0 Å². The quantitative estimate of drug-likeness (QED) is 0.231. The molecular weight excluding hydrogens is 114 g/mol. The fourth-order valence-electron chi connectivity index (χ4n) is 0.0909. The Labute approximate surface area is 41.0 Å². The molecule has 0 radical (unpaired) electrons. The molecule has 5 heteroatoms. The first-order valence-corrected chi connectivity index (χ1v) is 3.47. The molecule has 0 aromatic carbocycles. The summed E-state index contributed by atoms with van der Waals surface area (Å²) < 4.78 is 7.87. The van der Waals surface area contributed by atoms with E-state index in [1.807, 2.05) is 0 Å². The van der Waals surface area contributed by atoms with Gasteiger partial charge in [-0.2, -0.15) is 0 Å². The first-order chi connectivity index (χ1) is 2.91. The van der Waals surface area contributed by atoms with Gasteiger partial charge in [-0.1, -0.05) is 0 Å². The molecule has 34 valence electrons. The molecule has 0 unspecified atom stereocenters. The van der Waals surface area contributed by atoms with Crippen LogP contribution in [0, 0.1) is 0 Å². The Bertz CT molecular complexity index is 67.9. The number of hydrogen-bond acceptors (Lipinski definition) is 3. The van der Waals surface area contributed by atoms with Crippen molar-refractivity contribution in [2.24, 2.45) is 4.66 Å². The lowest BCUT2D eigenvalue weighted by Crippen LogP contribution is -1.87. The molecule has 0 saturated carbocycles. The van der Waals surface area contributed by atoms with Crippen LogP contribution in [0.5, 0.6) is 0 Å². The summed E-state index contributed by atoms with van der Waals surface area (Å²) in [5, 5.41) is 0. The molecule has 0 spiro atoms. The van der Waals surface area contributed by atoms with E-state index in [-0.39, 0.29) is 0 Å². The van der Waals surface area contributed by atoms with E-state index in [2.05, 4.69) is 8.77 Å². The van der Waals surface area contributed by atoms with Gasteiger partial charge in [-0.25, -0.2) is 9.45 Å². The van der Waals surface area contributed by atoms with Gasteiger partial charge >= 0.3 is 0 Å². The molecule has 0 fully saturated rings. The van der Waals surface area contributed by atoms with Crippen molar-refractivity contribution in [3.05, 3.63) is 0 Å². The van der Waals surface area contributed by atoms with E-state index in [1.54, 1.807) is 0 Å². The van der Waals surface area contributed by atoms with Crippen molar-refractivity contribution >= 4 is 26.5 Å². The molecule has 0 bridgehead atoms. The van der Waals surface area contributed by atoms with Crippen LogP contribution in [-0.2, 0) is 8.91 Å². The molecular formula is CH5NO2Si2. The summed E-state index contributed by atoms with van der Waals surface area (Å²) in [6, 6.07) is 0. The Kier molecular flexibility index (Phi) is 4.59. The predicted octanol–water partition coefficient (Wildman–Crippen LogP) is -2.38. The largest absolute Gasteiger partial charge is 0.452 e. The zero-order chi connectivity index (χ0) is 4.83. The minimum Gasteiger partial charge on any atom is -0.452 e. The minimum absolute atomic E-state index is 0.692. The van der Waals surface area contributed by atoms with Gasteiger partial charge in [-0.3, -0.25) is 0 Å². The van der Waals surface area contributed by atoms with Crippen molar-refractivity contribution in [1.29, 1.82) is 0 Å². The Morgan fingerprint density at radius 2 is 2.67 bits per heavy atom. The van der Waals surface area contributed by atoms with Crippen molar-refractivity contribution in [3.8, 4) is 0 Å². The second-order valence-corrected chi connectivity index (χ2v) is 3.55. The van der Waals surface area contributed by atoms with Gasteiger partial charge in [0, 0.05) is 0 Å². The molecule has 0 heterocycles.